The molecule has 1 aliphatic heterocycles. The number of anilines is 2. The summed E-state index contributed by atoms with van der Waals surface area (Å²) in [7, 11) is 0. The minimum absolute atomic E-state index is 0.0734. The number of aromatic nitrogens is 1. The molecule has 0 fully saturated rings. The molecule has 1 aliphatic rings. The van der Waals surface area contributed by atoms with Crippen LogP contribution in [0.3, 0.4) is 0 Å². The van der Waals surface area contributed by atoms with Gasteiger partial charge in [0.05, 0.1) is 0 Å². The summed E-state index contributed by atoms with van der Waals surface area (Å²) in [4.78, 5) is 19.6. The molecule has 0 spiro atoms. The minimum atomic E-state index is -0.198. The molecule has 5 heteroatoms. The Balaban J connectivity index is 1.33. The molecule has 0 atom stereocenters. The molecule has 0 saturated heterocycles. The number of carbonyl (C=O) groups is 1. The number of hydrogen-bond donors (Lipinski definition) is 1. The largest absolute Gasteiger partial charge is 0.481 e. The fraction of sp³-hybridized carbons (Fsp3) is 0.185. The fourth-order valence-electron chi connectivity index (χ4n) is 4.16. The van der Waals surface area contributed by atoms with Crippen LogP contribution in [0.15, 0.2) is 78.9 Å². The molecule has 1 amide bonds. The summed E-state index contributed by atoms with van der Waals surface area (Å²) in [6, 6.07) is 26.2. The van der Waals surface area contributed by atoms with Crippen LogP contribution in [0.5, 0.6) is 5.75 Å². The van der Waals surface area contributed by atoms with Gasteiger partial charge in [0.25, 0.3) is 5.91 Å². The fourth-order valence-corrected chi connectivity index (χ4v) is 4.16. The number of aryl methyl sites for hydroxylation is 1. The molecule has 0 radical (unpaired) electrons. The lowest BCUT2D eigenvalue weighted by Gasteiger charge is -2.30. The number of hydrogen-bond acceptors (Lipinski definition) is 4. The summed E-state index contributed by atoms with van der Waals surface area (Å²) in [5.74, 6) is 1.34. The lowest BCUT2D eigenvalue weighted by Crippen LogP contribution is -2.30. The van der Waals surface area contributed by atoms with Crippen LogP contribution in [0, 0.1) is 6.92 Å². The van der Waals surface area contributed by atoms with Crippen LogP contribution >= 0.6 is 0 Å². The highest BCUT2D eigenvalue weighted by Crippen LogP contribution is 2.29. The Morgan fingerprint density at radius 2 is 1.84 bits per heavy atom. The number of para-hydroxylation sites is 1. The number of pyridine rings is 1. The van der Waals surface area contributed by atoms with E-state index < -0.39 is 0 Å². The highest BCUT2D eigenvalue weighted by molar-refractivity contribution is 5.92. The van der Waals surface area contributed by atoms with Crippen LogP contribution in [0.4, 0.5) is 11.5 Å². The lowest BCUT2D eigenvalue weighted by atomic mass is 10.00. The Morgan fingerprint density at radius 1 is 1.00 bits per heavy atom. The number of benzene rings is 3. The first-order valence-corrected chi connectivity index (χ1v) is 10.9. The van der Waals surface area contributed by atoms with Gasteiger partial charge in [0.2, 0.25) is 0 Å². The van der Waals surface area contributed by atoms with E-state index in [1.807, 2.05) is 49.4 Å². The predicted molar refractivity (Wildman–Crippen MR) is 128 cm³/mol. The van der Waals surface area contributed by atoms with Crippen LogP contribution in [0.2, 0.25) is 0 Å². The summed E-state index contributed by atoms with van der Waals surface area (Å²) in [5, 5.41) is 3.87. The molecule has 32 heavy (non-hydrogen) atoms. The molecule has 2 heterocycles. The molecule has 0 aliphatic carbocycles. The van der Waals surface area contributed by atoms with Crippen molar-refractivity contribution in [3.63, 3.8) is 0 Å². The molecule has 1 aromatic heterocycles. The number of amides is 1. The molecule has 160 valence electrons. The topological polar surface area (TPSA) is 54.5 Å². The van der Waals surface area contributed by atoms with Crippen LogP contribution in [-0.2, 0) is 17.8 Å². The van der Waals surface area contributed by atoms with E-state index in [0.29, 0.717) is 5.75 Å². The van der Waals surface area contributed by atoms with Crippen molar-refractivity contribution in [1.82, 2.24) is 4.98 Å². The summed E-state index contributed by atoms with van der Waals surface area (Å²) in [5.41, 5.74) is 5.38. The maximum absolute atomic E-state index is 12.4. The second-order valence-corrected chi connectivity index (χ2v) is 8.14. The zero-order valence-electron chi connectivity index (χ0n) is 18.0. The zero-order valence-corrected chi connectivity index (χ0v) is 18.0. The van der Waals surface area contributed by atoms with Gasteiger partial charge in [-0.15, -0.1) is 0 Å². The van der Waals surface area contributed by atoms with E-state index in [1.165, 1.54) is 11.1 Å². The van der Waals surface area contributed by atoms with Crippen molar-refractivity contribution in [2.45, 2.75) is 19.9 Å². The summed E-state index contributed by atoms with van der Waals surface area (Å²) >= 11 is 0. The maximum atomic E-state index is 12.4. The monoisotopic (exact) mass is 423 g/mol. The number of carbonyl (C=O) groups excluding carboxylic acids is 1. The van der Waals surface area contributed by atoms with E-state index in [1.54, 1.807) is 0 Å². The molecule has 1 N–H and O–H groups in total. The molecule has 3 aromatic carbocycles. The smallest absolute Gasteiger partial charge is 0.262 e. The van der Waals surface area contributed by atoms with Gasteiger partial charge in [-0.2, -0.15) is 0 Å². The van der Waals surface area contributed by atoms with Gasteiger partial charge in [-0.1, -0.05) is 48.5 Å². The molecule has 0 saturated carbocycles. The molecule has 5 rings (SSSR count). The molecule has 0 unspecified atom stereocenters. The van der Waals surface area contributed by atoms with E-state index in [0.717, 1.165) is 47.5 Å². The van der Waals surface area contributed by atoms with Gasteiger partial charge in [-0.05, 0) is 60.4 Å². The highest BCUT2D eigenvalue weighted by atomic mass is 16.5. The molecule has 0 bridgehead atoms. The van der Waals surface area contributed by atoms with Gasteiger partial charge in [-0.3, -0.25) is 4.79 Å². The number of nitrogens with one attached hydrogen (secondary N) is 1. The van der Waals surface area contributed by atoms with Crippen molar-refractivity contribution in [1.29, 1.82) is 0 Å². The van der Waals surface area contributed by atoms with Gasteiger partial charge < -0.3 is 15.0 Å². The first-order chi connectivity index (χ1) is 15.7. The van der Waals surface area contributed by atoms with Crippen LogP contribution in [0.1, 0.15) is 16.7 Å². The van der Waals surface area contributed by atoms with Crippen molar-refractivity contribution in [2.24, 2.45) is 0 Å². The quantitative estimate of drug-likeness (QED) is 0.484. The summed E-state index contributed by atoms with van der Waals surface area (Å²) in [6.07, 6.45) is 1.01. The molecule has 5 nitrogen and oxygen atoms in total. The summed E-state index contributed by atoms with van der Waals surface area (Å²) in [6.45, 7) is 3.69. The zero-order chi connectivity index (χ0) is 21.9. The third-order valence-corrected chi connectivity index (χ3v) is 5.78. The van der Waals surface area contributed by atoms with Gasteiger partial charge in [0, 0.05) is 24.2 Å². The molecule has 4 aromatic rings. The number of ether oxygens (including phenoxy) is 1. The highest BCUT2D eigenvalue weighted by Gasteiger charge is 2.18. The van der Waals surface area contributed by atoms with Crippen LogP contribution < -0.4 is 15.0 Å². The van der Waals surface area contributed by atoms with E-state index in [4.69, 9.17) is 9.72 Å². The van der Waals surface area contributed by atoms with E-state index in [2.05, 4.69) is 46.6 Å². The standard InChI is InChI=1S/C27H25N3O2/c1-19-6-4-10-23(16-19)28-26(31)18-32-24-11-5-9-21-12-13-25(29-27(21)24)30-15-14-20-7-2-3-8-22(20)17-30/h2-13,16H,14-15,17-18H2,1H3,(H,28,31). The average molecular weight is 424 g/mol. The third kappa shape index (κ3) is 4.28. The Bertz CT molecular complexity index is 1280. The van der Waals surface area contributed by atoms with Gasteiger partial charge >= 0.3 is 0 Å². The number of rotatable bonds is 5. The Kier molecular flexibility index (Phi) is 5.46. The van der Waals surface area contributed by atoms with Crippen molar-refractivity contribution in [2.75, 3.05) is 23.4 Å². The minimum Gasteiger partial charge on any atom is -0.481 e. The molecular formula is C27H25N3O2. The van der Waals surface area contributed by atoms with Crippen molar-refractivity contribution in [3.05, 3.63) is 95.6 Å². The first kappa shape index (κ1) is 20.1. The van der Waals surface area contributed by atoms with Gasteiger partial charge in [0.1, 0.15) is 17.1 Å². The second kappa shape index (κ2) is 8.71. The number of nitrogens with zero attached hydrogens (tertiary/aromatic N) is 2. The number of fused-ring (bicyclic) bond motifs is 2. The average Bonchev–Trinajstić information content (AvgIpc) is 2.82. The third-order valence-electron chi connectivity index (χ3n) is 5.78. The van der Waals surface area contributed by atoms with Gasteiger partial charge in [-0.25, -0.2) is 4.98 Å². The SMILES string of the molecule is Cc1cccc(NC(=O)COc2cccc3ccc(N4CCc5ccccc5C4)nc23)c1. The summed E-state index contributed by atoms with van der Waals surface area (Å²) < 4.78 is 5.89. The normalized spacial score (nSPS) is 13.0. The van der Waals surface area contributed by atoms with Gasteiger partial charge in [0.15, 0.2) is 6.61 Å². The Morgan fingerprint density at radius 3 is 2.72 bits per heavy atom. The molecular weight excluding hydrogens is 398 g/mol. The second-order valence-electron chi connectivity index (χ2n) is 8.14. The van der Waals surface area contributed by atoms with E-state index >= 15 is 0 Å². The van der Waals surface area contributed by atoms with Crippen LogP contribution in [0.25, 0.3) is 10.9 Å². The van der Waals surface area contributed by atoms with E-state index in [9.17, 15) is 4.79 Å². The predicted octanol–water partition coefficient (Wildman–Crippen LogP) is 5.12. The van der Waals surface area contributed by atoms with Crippen LogP contribution in [-0.4, -0.2) is 24.0 Å². The lowest BCUT2D eigenvalue weighted by molar-refractivity contribution is -0.118. The van der Waals surface area contributed by atoms with Crippen molar-refractivity contribution in [3.8, 4) is 5.75 Å². The van der Waals surface area contributed by atoms with Crippen molar-refractivity contribution < 1.29 is 9.53 Å². The van der Waals surface area contributed by atoms with Crippen molar-refractivity contribution >= 4 is 28.3 Å². The Hall–Kier alpha value is -3.86. The Labute approximate surface area is 187 Å². The maximum Gasteiger partial charge on any atom is 0.262 e. The van der Waals surface area contributed by atoms with E-state index in [-0.39, 0.29) is 12.5 Å². The first-order valence-electron chi connectivity index (χ1n) is 10.9.